The predicted octanol–water partition coefficient (Wildman–Crippen LogP) is 2.08. The first kappa shape index (κ1) is 16.4. The summed E-state index contributed by atoms with van der Waals surface area (Å²) in [6.07, 6.45) is 0.758. The van der Waals surface area contributed by atoms with Crippen LogP contribution in [0.2, 0.25) is 0 Å². The zero-order chi connectivity index (χ0) is 15.5. The van der Waals surface area contributed by atoms with Gasteiger partial charge in [-0.2, -0.15) is 0 Å². The Hall–Kier alpha value is -0.960. The predicted molar refractivity (Wildman–Crippen MR) is 84.3 cm³/mol. The van der Waals surface area contributed by atoms with E-state index in [9.17, 15) is 12.6 Å². The first-order chi connectivity index (χ1) is 9.89. The van der Waals surface area contributed by atoms with Crippen molar-refractivity contribution >= 4 is 32.2 Å². The summed E-state index contributed by atoms with van der Waals surface area (Å²) in [4.78, 5) is 1.19. The Morgan fingerprint density at radius 1 is 1.29 bits per heavy atom. The average Bonchev–Trinajstić information content (AvgIpc) is 3.07. The minimum atomic E-state index is -3.57. The molecule has 21 heavy (non-hydrogen) atoms. The standard InChI is InChI=1S/C13H17NO4S3/c1-14(2)21(16,17)13-6-5-11(18-13)10-20(15)9-7-12-4-3-8-19-12/h3-6,8H,7,9-10H2,1-2H3/t20-/m1/s1. The third kappa shape index (κ3) is 4.26. The van der Waals surface area contributed by atoms with E-state index in [1.54, 1.807) is 17.4 Å². The van der Waals surface area contributed by atoms with E-state index in [1.807, 2.05) is 17.5 Å². The Bertz CT molecular complexity index is 702. The third-order valence-corrected chi connectivity index (χ3v) is 6.72. The molecule has 2 aromatic rings. The Kier molecular flexibility index (Phi) is 5.37. The van der Waals surface area contributed by atoms with Crippen molar-refractivity contribution in [1.82, 2.24) is 4.31 Å². The summed E-state index contributed by atoms with van der Waals surface area (Å²) < 4.78 is 42.1. The molecule has 0 aromatic carbocycles. The lowest BCUT2D eigenvalue weighted by Crippen LogP contribution is -2.21. The van der Waals surface area contributed by atoms with Crippen LogP contribution in [0.1, 0.15) is 10.6 Å². The molecule has 2 aromatic heterocycles. The number of hydrogen-bond acceptors (Lipinski definition) is 5. The lowest BCUT2D eigenvalue weighted by molar-refractivity contribution is 0.407. The first-order valence-corrected chi connectivity index (χ1v) is 10.1. The number of furan rings is 1. The zero-order valence-electron chi connectivity index (χ0n) is 11.8. The maximum atomic E-state index is 12.0. The molecule has 0 aliphatic heterocycles. The van der Waals surface area contributed by atoms with Gasteiger partial charge < -0.3 is 4.42 Å². The Morgan fingerprint density at radius 2 is 2.05 bits per heavy atom. The van der Waals surface area contributed by atoms with E-state index in [-0.39, 0.29) is 10.8 Å². The zero-order valence-corrected chi connectivity index (χ0v) is 14.3. The van der Waals surface area contributed by atoms with Crippen LogP contribution in [0.5, 0.6) is 0 Å². The van der Waals surface area contributed by atoms with Crippen LogP contribution < -0.4 is 0 Å². The van der Waals surface area contributed by atoms with Gasteiger partial charge in [0.2, 0.25) is 5.09 Å². The number of aryl methyl sites for hydroxylation is 1. The Balaban J connectivity index is 1.95. The van der Waals surface area contributed by atoms with Crippen LogP contribution in [-0.4, -0.2) is 36.8 Å². The van der Waals surface area contributed by atoms with Gasteiger partial charge in [0.05, 0.1) is 5.75 Å². The van der Waals surface area contributed by atoms with Gasteiger partial charge in [-0.15, -0.1) is 11.3 Å². The summed E-state index contributed by atoms with van der Waals surface area (Å²) in [7, 11) is -1.76. The van der Waals surface area contributed by atoms with Gasteiger partial charge in [-0.1, -0.05) is 6.07 Å². The van der Waals surface area contributed by atoms with E-state index in [1.165, 1.54) is 25.0 Å². The van der Waals surface area contributed by atoms with Crippen LogP contribution in [0.4, 0.5) is 0 Å². The molecular weight excluding hydrogens is 330 g/mol. The molecule has 116 valence electrons. The van der Waals surface area contributed by atoms with Gasteiger partial charge in [-0.05, 0) is 30.0 Å². The SMILES string of the molecule is CN(C)S(=O)(=O)c1ccc(C[S@](=O)CCc2cccs2)o1. The number of nitrogens with zero attached hydrogens (tertiary/aromatic N) is 1. The summed E-state index contributed by atoms with van der Waals surface area (Å²) in [6, 6.07) is 6.95. The van der Waals surface area contributed by atoms with E-state index in [0.717, 1.165) is 10.7 Å². The van der Waals surface area contributed by atoms with Gasteiger partial charge in [0.25, 0.3) is 10.0 Å². The number of hydrogen-bond donors (Lipinski definition) is 0. The fourth-order valence-corrected chi connectivity index (χ4v) is 4.37. The molecule has 0 N–H and O–H groups in total. The van der Waals surface area contributed by atoms with E-state index in [2.05, 4.69) is 0 Å². The Labute approximate surface area is 131 Å². The van der Waals surface area contributed by atoms with Crippen LogP contribution in [0, 0.1) is 0 Å². The molecule has 0 aliphatic carbocycles. The lowest BCUT2D eigenvalue weighted by Gasteiger charge is -2.07. The maximum absolute atomic E-state index is 12.0. The van der Waals surface area contributed by atoms with E-state index >= 15 is 0 Å². The highest BCUT2D eigenvalue weighted by molar-refractivity contribution is 7.89. The molecule has 0 unspecified atom stereocenters. The Morgan fingerprint density at radius 3 is 2.67 bits per heavy atom. The van der Waals surface area contributed by atoms with Crippen molar-refractivity contribution in [2.75, 3.05) is 19.8 Å². The van der Waals surface area contributed by atoms with Crippen molar-refractivity contribution in [3.05, 3.63) is 40.3 Å². The molecule has 0 saturated carbocycles. The molecule has 0 aliphatic rings. The van der Waals surface area contributed by atoms with Crippen molar-refractivity contribution in [3.8, 4) is 0 Å². The van der Waals surface area contributed by atoms with Crippen molar-refractivity contribution in [3.63, 3.8) is 0 Å². The van der Waals surface area contributed by atoms with Gasteiger partial charge in [0, 0.05) is 35.5 Å². The van der Waals surface area contributed by atoms with Crippen molar-refractivity contribution in [1.29, 1.82) is 0 Å². The molecule has 0 radical (unpaired) electrons. The second kappa shape index (κ2) is 6.87. The molecule has 0 spiro atoms. The largest absolute Gasteiger partial charge is 0.447 e. The van der Waals surface area contributed by atoms with Gasteiger partial charge in [-0.3, -0.25) is 4.21 Å². The van der Waals surface area contributed by atoms with Crippen LogP contribution in [0.15, 0.2) is 39.2 Å². The van der Waals surface area contributed by atoms with Gasteiger partial charge in [0.15, 0.2) is 0 Å². The molecule has 0 bridgehead atoms. The minimum Gasteiger partial charge on any atom is -0.447 e. The highest BCUT2D eigenvalue weighted by Gasteiger charge is 2.21. The fraction of sp³-hybridized carbons (Fsp3) is 0.385. The molecule has 2 heterocycles. The summed E-state index contributed by atoms with van der Waals surface area (Å²) in [5, 5.41) is 1.88. The molecule has 8 heteroatoms. The quantitative estimate of drug-likeness (QED) is 0.769. The maximum Gasteiger partial charge on any atom is 0.275 e. The minimum absolute atomic E-state index is 0.113. The first-order valence-electron chi connectivity index (χ1n) is 6.28. The number of sulfonamides is 1. The highest BCUT2D eigenvalue weighted by Crippen LogP contribution is 2.18. The molecule has 1 atom stereocenters. The third-order valence-electron chi connectivity index (χ3n) is 2.83. The molecule has 2 rings (SSSR count). The monoisotopic (exact) mass is 347 g/mol. The molecule has 0 amide bonds. The summed E-state index contributed by atoms with van der Waals surface area (Å²) >= 11 is 1.64. The van der Waals surface area contributed by atoms with Crippen molar-refractivity contribution in [2.45, 2.75) is 17.3 Å². The second-order valence-corrected chi connectivity index (χ2v) is 9.32. The summed E-state index contributed by atoms with van der Waals surface area (Å²) in [5.41, 5.74) is 0. The van der Waals surface area contributed by atoms with E-state index < -0.39 is 20.8 Å². The molecule has 0 fully saturated rings. The normalized spacial score (nSPS) is 13.7. The average molecular weight is 347 g/mol. The summed E-state index contributed by atoms with van der Waals surface area (Å²) in [6.45, 7) is 0. The van der Waals surface area contributed by atoms with Gasteiger partial charge in [0.1, 0.15) is 5.76 Å². The van der Waals surface area contributed by atoms with Crippen molar-refractivity contribution in [2.24, 2.45) is 0 Å². The van der Waals surface area contributed by atoms with Crippen LogP contribution in [0.25, 0.3) is 0 Å². The fourth-order valence-electron chi connectivity index (χ4n) is 1.65. The van der Waals surface area contributed by atoms with Crippen LogP contribution in [0.3, 0.4) is 0 Å². The lowest BCUT2D eigenvalue weighted by atomic mass is 10.4. The number of thiophene rings is 1. The number of rotatable bonds is 7. The van der Waals surface area contributed by atoms with Crippen molar-refractivity contribution < 1.29 is 17.0 Å². The molecule has 5 nitrogen and oxygen atoms in total. The topological polar surface area (TPSA) is 67.6 Å². The molecular formula is C13H17NO4S3. The van der Waals surface area contributed by atoms with Crippen LogP contribution >= 0.6 is 11.3 Å². The van der Waals surface area contributed by atoms with Gasteiger partial charge >= 0.3 is 0 Å². The highest BCUT2D eigenvalue weighted by atomic mass is 32.2. The summed E-state index contributed by atoms with van der Waals surface area (Å²) in [5.74, 6) is 1.20. The smallest absolute Gasteiger partial charge is 0.275 e. The van der Waals surface area contributed by atoms with E-state index in [0.29, 0.717) is 11.5 Å². The second-order valence-electron chi connectivity index (χ2n) is 4.63. The van der Waals surface area contributed by atoms with E-state index in [4.69, 9.17) is 4.42 Å². The molecule has 0 saturated heterocycles. The van der Waals surface area contributed by atoms with Gasteiger partial charge in [-0.25, -0.2) is 12.7 Å². The van der Waals surface area contributed by atoms with Crippen LogP contribution in [-0.2, 0) is 33.0 Å².